The number of anilines is 1. The fraction of sp³-hybridized carbons (Fsp3) is 0.278. The molecule has 0 fully saturated rings. The van der Waals surface area contributed by atoms with Crippen molar-refractivity contribution in [3.63, 3.8) is 0 Å². The van der Waals surface area contributed by atoms with Gasteiger partial charge < -0.3 is 25.3 Å². The second kappa shape index (κ2) is 10.7. The third-order valence-corrected chi connectivity index (χ3v) is 3.28. The maximum atomic E-state index is 5.90. The number of guanidine groups is 1. The second-order valence-corrected chi connectivity index (χ2v) is 5.16. The lowest BCUT2D eigenvalue weighted by Crippen LogP contribution is -2.25. The van der Waals surface area contributed by atoms with Gasteiger partial charge in [-0.2, -0.15) is 0 Å². The molecule has 0 heterocycles. The van der Waals surface area contributed by atoms with Crippen LogP contribution in [0.1, 0.15) is 6.92 Å². The van der Waals surface area contributed by atoms with E-state index in [1.54, 1.807) is 14.2 Å². The molecule has 0 saturated carbocycles. The third kappa shape index (κ3) is 6.69. The standard InChI is InChI=1S/C18H23N3O3.HI/c1-13(24-17-7-5-4-6-16(17)23-3)12-20-18(19)21-14-8-10-15(22-2)11-9-14;/h4-11,13H,12H2,1-3H3,(H3,19,20,21);1H. The Morgan fingerprint density at radius 2 is 1.68 bits per heavy atom. The quantitative estimate of drug-likeness (QED) is 0.378. The number of rotatable bonds is 7. The molecule has 2 aromatic carbocycles. The molecule has 0 amide bonds. The van der Waals surface area contributed by atoms with Crippen LogP contribution in [-0.4, -0.2) is 32.8 Å². The molecule has 0 aliphatic carbocycles. The Morgan fingerprint density at radius 1 is 1.04 bits per heavy atom. The zero-order valence-corrected chi connectivity index (χ0v) is 16.9. The summed E-state index contributed by atoms with van der Waals surface area (Å²) < 4.78 is 16.2. The lowest BCUT2D eigenvalue weighted by atomic mass is 10.3. The van der Waals surface area contributed by atoms with E-state index < -0.39 is 0 Å². The van der Waals surface area contributed by atoms with Crippen molar-refractivity contribution in [1.82, 2.24) is 0 Å². The van der Waals surface area contributed by atoms with Crippen LogP contribution in [0, 0.1) is 0 Å². The van der Waals surface area contributed by atoms with Gasteiger partial charge in [-0.25, -0.2) is 4.99 Å². The second-order valence-electron chi connectivity index (χ2n) is 5.16. The van der Waals surface area contributed by atoms with Crippen molar-refractivity contribution < 1.29 is 14.2 Å². The molecule has 1 unspecified atom stereocenters. The topological polar surface area (TPSA) is 78.1 Å². The van der Waals surface area contributed by atoms with Crippen LogP contribution in [0.25, 0.3) is 0 Å². The maximum absolute atomic E-state index is 5.90. The number of nitrogens with one attached hydrogen (secondary N) is 1. The van der Waals surface area contributed by atoms with Crippen LogP contribution >= 0.6 is 24.0 Å². The zero-order chi connectivity index (χ0) is 17.4. The van der Waals surface area contributed by atoms with E-state index in [2.05, 4.69) is 10.3 Å². The molecule has 6 nitrogen and oxygen atoms in total. The predicted octanol–water partition coefficient (Wildman–Crippen LogP) is 3.52. The Labute approximate surface area is 165 Å². The zero-order valence-electron chi connectivity index (χ0n) is 14.6. The molecule has 136 valence electrons. The Bertz CT molecular complexity index is 678. The largest absolute Gasteiger partial charge is 0.497 e. The molecule has 0 aliphatic rings. The number of benzene rings is 2. The first-order valence-corrected chi connectivity index (χ1v) is 7.63. The number of hydrogen-bond donors (Lipinski definition) is 2. The molecule has 3 N–H and O–H groups in total. The van der Waals surface area contributed by atoms with E-state index in [1.807, 2.05) is 55.5 Å². The molecular weight excluding hydrogens is 433 g/mol. The lowest BCUT2D eigenvalue weighted by molar-refractivity contribution is 0.219. The molecular formula is C18H24IN3O3. The highest BCUT2D eigenvalue weighted by Crippen LogP contribution is 2.26. The van der Waals surface area contributed by atoms with Gasteiger partial charge >= 0.3 is 0 Å². The van der Waals surface area contributed by atoms with Gasteiger partial charge in [0.2, 0.25) is 0 Å². The smallest absolute Gasteiger partial charge is 0.193 e. The molecule has 1 atom stereocenters. The van der Waals surface area contributed by atoms with E-state index in [4.69, 9.17) is 19.9 Å². The van der Waals surface area contributed by atoms with Crippen molar-refractivity contribution in [2.75, 3.05) is 26.1 Å². The molecule has 0 radical (unpaired) electrons. The summed E-state index contributed by atoms with van der Waals surface area (Å²) in [6, 6.07) is 14.9. The van der Waals surface area contributed by atoms with Gasteiger partial charge in [0.1, 0.15) is 11.9 Å². The summed E-state index contributed by atoms with van der Waals surface area (Å²) in [5.74, 6) is 2.49. The van der Waals surface area contributed by atoms with Crippen LogP contribution in [0.3, 0.4) is 0 Å². The molecule has 0 bridgehead atoms. The van der Waals surface area contributed by atoms with Crippen molar-refractivity contribution in [1.29, 1.82) is 0 Å². The summed E-state index contributed by atoms with van der Waals surface area (Å²) in [6.45, 7) is 2.35. The van der Waals surface area contributed by atoms with Crippen LogP contribution in [0.15, 0.2) is 53.5 Å². The first kappa shape index (κ1) is 20.9. The number of nitrogens with zero attached hydrogens (tertiary/aromatic N) is 1. The summed E-state index contributed by atoms with van der Waals surface area (Å²) in [7, 11) is 3.24. The minimum atomic E-state index is -0.141. The van der Waals surface area contributed by atoms with E-state index in [0.29, 0.717) is 24.0 Å². The molecule has 0 saturated heterocycles. The first-order chi connectivity index (χ1) is 11.6. The molecule has 0 aromatic heterocycles. The summed E-state index contributed by atoms with van der Waals surface area (Å²) in [6.07, 6.45) is -0.141. The van der Waals surface area contributed by atoms with E-state index >= 15 is 0 Å². The average molecular weight is 457 g/mol. The summed E-state index contributed by atoms with van der Waals surface area (Å²) in [5.41, 5.74) is 6.74. The van der Waals surface area contributed by atoms with Crippen molar-refractivity contribution in [2.24, 2.45) is 10.7 Å². The first-order valence-electron chi connectivity index (χ1n) is 7.63. The van der Waals surface area contributed by atoms with Gasteiger partial charge in [0.05, 0.1) is 20.8 Å². The maximum Gasteiger partial charge on any atom is 0.193 e. The van der Waals surface area contributed by atoms with Crippen molar-refractivity contribution in [2.45, 2.75) is 13.0 Å². The van der Waals surface area contributed by atoms with Crippen LogP contribution in [0.2, 0.25) is 0 Å². The summed E-state index contributed by atoms with van der Waals surface area (Å²) in [5, 5.41) is 3.03. The molecule has 0 spiro atoms. The highest BCUT2D eigenvalue weighted by atomic mass is 127. The minimum absolute atomic E-state index is 0. The Balaban J connectivity index is 0.00000312. The molecule has 2 aromatic rings. The highest BCUT2D eigenvalue weighted by molar-refractivity contribution is 14.0. The van der Waals surface area contributed by atoms with Crippen LogP contribution in [0.5, 0.6) is 17.2 Å². The molecule has 2 rings (SSSR count). The van der Waals surface area contributed by atoms with E-state index in [-0.39, 0.29) is 30.1 Å². The van der Waals surface area contributed by atoms with Gasteiger partial charge in [-0.3, -0.25) is 0 Å². The fourth-order valence-corrected chi connectivity index (χ4v) is 2.06. The van der Waals surface area contributed by atoms with Crippen molar-refractivity contribution in [3.8, 4) is 17.2 Å². The van der Waals surface area contributed by atoms with E-state index in [0.717, 1.165) is 11.4 Å². The fourth-order valence-electron chi connectivity index (χ4n) is 2.06. The predicted molar refractivity (Wildman–Crippen MR) is 112 cm³/mol. The van der Waals surface area contributed by atoms with Gasteiger partial charge in [0.15, 0.2) is 17.5 Å². The SMILES string of the molecule is COc1ccc(NC(N)=NCC(C)Oc2ccccc2OC)cc1.I. The van der Waals surface area contributed by atoms with Crippen LogP contribution in [-0.2, 0) is 0 Å². The number of halogens is 1. The summed E-state index contributed by atoms with van der Waals surface area (Å²) in [4.78, 5) is 4.30. The summed E-state index contributed by atoms with van der Waals surface area (Å²) >= 11 is 0. The average Bonchev–Trinajstić information content (AvgIpc) is 2.61. The Hall–Kier alpha value is -2.16. The molecule has 0 aliphatic heterocycles. The number of hydrogen-bond acceptors (Lipinski definition) is 4. The normalized spacial score (nSPS) is 11.9. The van der Waals surface area contributed by atoms with Crippen LogP contribution < -0.4 is 25.3 Å². The number of methoxy groups -OCH3 is 2. The van der Waals surface area contributed by atoms with Gasteiger partial charge in [0.25, 0.3) is 0 Å². The minimum Gasteiger partial charge on any atom is -0.497 e. The number of aliphatic imine (C=N–C) groups is 1. The van der Waals surface area contributed by atoms with Crippen molar-refractivity contribution in [3.05, 3.63) is 48.5 Å². The van der Waals surface area contributed by atoms with E-state index in [1.165, 1.54) is 0 Å². The van der Waals surface area contributed by atoms with Crippen LogP contribution in [0.4, 0.5) is 5.69 Å². The van der Waals surface area contributed by atoms with Gasteiger partial charge in [-0.15, -0.1) is 24.0 Å². The number of para-hydroxylation sites is 2. The number of nitrogens with two attached hydrogens (primary N) is 1. The lowest BCUT2D eigenvalue weighted by Gasteiger charge is -2.15. The molecule has 7 heteroatoms. The van der Waals surface area contributed by atoms with Crippen molar-refractivity contribution >= 4 is 35.6 Å². The number of ether oxygens (including phenoxy) is 3. The van der Waals surface area contributed by atoms with E-state index in [9.17, 15) is 0 Å². The van der Waals surface area contributed by atoms with Gasteiger partial charge in [-0.1, -0.05) is 12.1 Å². The van der Waals surface area contributed by atoms with Gasteiger partial charge in [-0.05, 0) is 43.3 Å². The third-order valence-electron chi connectivity index (χ3n) is 3.28. The highest BCUT2D eigenvalue weighted by Gasteiger charge is 2.08. The van der Waals surface area contributed by atoms with Gasteiger partial charge in [0, 0.05) is 5.69 Å². The monoisotopic (exact) mass is 457 g/mol. The Kier molecular flexibility index (Phi) is 8.90. The molecule has 25 heavy (non-hydrogen) atoms. The Morgan fingerprint density at radius 3 is 2.28 bits per heavy atom.